The Kier molecular flexibility index (Phi) is 5.17. The highest BCUT2D eigenvalue weighted by molar-refractivity contribution is 7.88. The number of aryl methyl sites for hydroxylation is 1. The van der Waals surface area contributed by atoms with Crippen LogP contribution in [0.2, 0.25) is 0 Å². The molecule has 7 heteroatoms. The molecule has 0 aliphatic carbocycles. The molecule has 0 amide bonds. The van der Waals surface area contributed by atoms with Crippen molar-refractivity contribution >= 4 is 10.0 Å². The Labute approximate surface area is 120 Å². The van der Waals surface area contributed by atoms with Crippen molar-refractivity contribution in [2.45, 2.75) is 44.9 Å². The summed E-state index contributed by atoms with van der Waals surface area (Å²) >= 11 is 0. The van der Waals surface area contributed by atoms with E-state index in [-0.39, 0.29) is 11.8 Å². The van der Waals surface area contributed by atoms with Gasteiger partial charge < -0.3 is 9.84 Å². The van der Waals surface area contributed by atoms with Crippen molar-refractivity contribution in [3.05, 3.63) is 17.5 Å². The molecule has 2 heterocycles. The fraction of sp³-hybridized carbons (Fsp3) is 0.769. The molecule has 0 spiro atoms. The first kappa shape index (κ1) is 15.5. The molecule has 0 bridgehead atoms. The normalized spacial score (nSPS) is 17.8. The molecule has 1 aromatic heterocycles. The quantitative estimate of drug-likeness (QED) is 0.856. The number of sulfonamides is 1. The zero-order chi connectivity index (χ0) is 14.6. The van der Waals surface area contributed by atoms with E-state index in [1.807, 2.05) is 6.92 Å². The largest absolute Gasteiger partial charge is 0.361 e. The molecular formula is C13H23N3O3S. The van der Waals surface area contributed by atoms with E-state index < -0.39 is 10.0 Å². The van der Waals surface area contributed by atoms with Gasteiger partial charge in [-0.1, -0.05) is 12.1 Å². The maximum absolute atomic E-state index is 12.6. The molecule has 0 radical (unpaired) electrons. The Balaban J connectivity index is 2.13. The second kappa shape index (κ2) is 6.69. The standard InChI is InChI=1S/C13H23N3O3S/c1-3-8-16(13-4-6-14-7-5-13)20(17,18)10-12-9-11(2)19-15-12/h9,13-14H,3-8,10H2,1-2H3. The van der Waals surface area contributed by atoms with Crippen molar-refractivity contribution in [2.24, 2.45) is 0 Å². The lowest BCUT2D eigenvalue weighted by molar-refractivity contribution is 0.261. The third-order valence-electron chi connectivity index (χ3n) is 3.52. The summed E-state index contributed by atoms with van der Waals surface area (Å²) in [6.07, 6.45) is 2.56. The highest BCUT2D eigenvalue weighted by Gasteiger charge is 2.31. The van der Waals surface area contributed by atoms with Crippen LogP contribution in [0.25, 0.3) is 0 Å². The Morgan fingerprint density at radius 3 is 2.70 bits per heavy atom. The van der Waals surface area contributed by atoms with Crippen molar-refractivity contribution in [1.29, 1.82) is 0 Å². The van der Waals surface area contributed by atoms with Crippen LogP contribution in [0, 0.1) is 6.92 Å². The molecular weight excluding hydrogens is 278 g/mol. The topological polar surface area (TPSA) is 75.4 Å². The van der Waals surface area contributed by atoms with Crippen LogP contribution >= 0.6 is 0 Å². The maximum Gasteiger partial charge on any atom is 0.220 e. The first-order chi connectivity index (χ1) is 9.53. The van der Waals surface area contributed by atoms with Crippen LogP contribution in [0.3, 0.4) is 0 Å². The smallest absolute Gasteiger partial charge is 0.220 e. The molecule has 1 aromatic rings. The molecule has 0 saturated carbocycles. The number of nitrogens with one attached hydrogen (secondary N) is 1. The van der Waals surface area contributed by atoms with Crippen molar-refractivity contribution in [3.8, 4) is 0 Å². The van der Waals surface area contributed by atoms with E-state index in [1.165, 1.54) is 0 Å². The minimum absolute atomic E-state index is 0.0751. The van der Waals surface area contributed by atoms with Gasteiger partial charge in [0, 0.05) is 18.7 Å². The van der Waals surface area contributed by atoms with E-state index in [1.54, 1.807) is 17.3 Å². The van der Waals surface area contributed by atoms with Gasteiger partial charge in [-0.15, -0.1) is 0 Å². The predicted molar refractivity (Wildman–Crippen MR) is 76.8 cm³/mol. The number of hydrogen-bond acceptors (Lipinski definition) is 5. The second-order valence-corrected chi connectivity index (χ2v) is 7.20. The summed E-state index contributed by atoms with van der Waals surface area (Å²) in [5.41, 5.74) is 0.484. The van der Waals surface area contributed by atoms with Gasteiger partial charge in [-0.2, -0.15) is 4.31 Å². The van der Waals surface area contributed by atoms with Gasteiger partial charge in [0.15, 0.2) is 0 Å². The van der Waals surface area contributed by atoms with E-state index >= 15 is 0 Å². The molecule has 114 valence electrons. The van der Waals surface area contributed by atoms with Crippen molar-refractivity contribution in [3.63, 3.8) is 0 Å². The summed E-state index contributed by atoms with van der Waals surface area (Å²) in [5, 5.41) is 7.06. The predicted octanol–water partition coefficient (Wildman–Crippen LogP) is 1.28. The summed E-state index contributed by atoms with van der Waals surface area (Å²) in [6.45, 7) is 6.10. The second-order valence-electron chi connectivity index (χ2n) is 5.28. The van der Waals surface area contributed by atoms with Gasteiger partial charge in [-0.3, -0.25) is 0 Å². The van der Waals surface area contributed by atoms with Gasteiger partial charge in [-0.25, -0.2) is 8.42 Å². The van der Waals surface area contributed by atoms with Crippen LogP contribution in [0.5, 0.6) is 0 Å². The van der Waals surface area contributed by atoms with Crippen LogP contribution in [-0.2, 0) is 15.8 Å². The maximum atomic E-state index is 12.6. The highest BCUT2D eigenvalue weighted by atomic mass is 32.2. The van der Waals surface area contributed by atoms with E-state index in [2.05, 4.69) is 10.5 Å². The molecule has 20 heavy (non-hydrogen) atoms. The summed E-state index contributed by atoms with van der Waals surface area (Å²) < 4.78 is 31.9. The van der Waals surface area contributed by atoms with Gasteiger partial charge in [0.2, 0.25) is 10.0 Å². The Hall–Kier alpha value is -0.920. The number of rotatable bonds is 6. The molecule has 1 saturated heterocycles. The first-order valence-corrected chi connectivity index (χ1v) is 8.76. The zero-order valence-corrected chi connectivity index (χ0v) is 12.9. The third-order valence-corrected chi connectivity index (χ3v) is 5.38. The molecule has 1 fully saturated rings. The Morgan fingerprint density at radius 2 is 2.15 bits per heavy atom. The van der Waals surface area contributed by atoms with Crippen LogP contribution in [0.4, 0.5) is 0 Å². The van der Waals surface area contributed by atoms with Gasteiger partial charge in [0.05, 0.1) is 0 Å². The third kappa shape index (κ3) is 3.80. The summed E-state index contributed by atoms with van der Waals surface area (Å²) in [5.74, 6) is 0.563. The molecule has 0 unspecified atom stereocenters. The fourth-order valence-electron chi connectivity index (χ4n) is 2.62. The highest BCUT2D eigenvalue weighted by Crippen LogP contribution is 2.20. The van der Waals surface area contributed by atoms with Gasteiger partial charge >= 0.3 is 0 Å². The Bertz CT molecular complexity index is 521. The number of aromatic nitrogens is 1. The lowest BCUT2D eigenvalue weighted by atomic mass is 10.1. The molecule has 1 aliphatic heterocycles. The van der Waals surface area contributed by atoms with E-state index in [0.29, 0.717) is 18.0 Å². The monoisotopic (exact) mass is 301 g/mol. The summed E-state index contributed by atoms with van der Waals surface area (Å²) in [4.78, 5) is 0. The minimum Gasteiger partial charge on any atom is -0.361 e. The molecule has 6 nitrogen and oxygen atoms in total. The lowest BCUT2D eigenvalue weighted by Crippen LogP contribution is -2.46. The van der Waals surface area contributed by atoms with E-state index in [4.69, 9.17) is 4.52 Å². The molecule has 1 N–H and O–H groups in total. The van der Waals surface area contributed by atoms with Crippen LogP contribution < -0.4 is 5.32 Å². The van der Waals surface area contributed by atoms with Gasteiger partial charge in [0.1, 0.15) is 17.2 Å². The Morgan fingerprint density at radius 1 is 1.45 bits per heavy atom. The van der Waals surface area contributed by atoms with Crippen LogP contribution in [-0.4, -0.2) is 43.6 Å². The lowest BCUT2D eigenvalue weighted by Gasteiger charge is -2.33. The SMILES string of the molecule is CCCN(C1CCNCC1)S(=O)(=O)Cc1cc(C)on1. The first-order valence-electron chi connectivity index (χ1n) is 7.15. The van der Waals surface area contributed by atoms with Crippen molar-refractivity contribution in [2.75, 3.05) is 19.6 Å². The minimum atomic E-state index is -3.34. The summed E-state index contributed by atoms with van der Waals surface area (Å²) in [7, 11) is -3.34. The van der Waals surface area contributed by atoms with Gasteiger partial charge in [-0.05, 0) is 39.3 Å². The van der Waals surface area contributed by atoms with Gasteiger partial charge in [0.25, 0.3) is 0 Å². The van der Waals surface area contributed by atoms with E-state index in [0.717, 1.165) is 32.4 Å². The van der Waals surface area contributed by atoms with Crippen molar-refractivity contribution in [1.82, 2.24) is 14.8 Å². The molecule has 1 aliphatic rings. The number of piperidine rings is 1. The zero-order valence-electron chi connectivity index (χ0n) is 12.1. The average Bonchev–Trinajstić information content (AvgIpc) is 2.81. The molecule has 0 aromatic carbocycles. The number of hydrogen-bond donors (Lipinski definition) is 1. The fourth-order valence-corrected chi connectivity index (χ4v) is 4.42. The summed E-state index contributed by atoms with van der Waals surface area (Å²) in [6, 6.07) is 1.79. The molecule has 2 rings (SSSR count). The van der Waals surface area contributed by atoms with Crippen LogP contribution in [0.15, 0.2) is 10.6 Å². The van der Waals surface area contributed by atoms with Crippen LogP contribution in [0.1, 0.15) is 37.6 Å². The average molecular weight is 301 g/mol. The van der Waals surface area contributed by atoms with E-state index in [9.17, 15) is 8.42 Å². The number of nitrogens with zero attached hydrogens (tertiary/aromatic N) is 2. The van der Waals surface area contributed by atoms with Crippen molar-refractivity contribution < 1.29 is 12.9 Å². The molecule has 0 atom stereocenters.